The third-order valence-electron chi connectivity index (χ3n) is 4.58. The highest BCUT2D eigenvalue weighted by Gasteiger charge is 2.59. The number of hydrogen-bond donors (Lipinski definition) is 0. The largest absolute Gasteiger partial charge is 0.489 e. The van der Waals surface area contributed by atoms with Crippen molar-refractivity contribution in [1.82, 2.24) is 0 Å². The third-order valence-corrected chi connectivity index (χ3v) is 4.58. The van der Waals surface area contributed by atoms with Crippen LogP contribution >= 0.6 is 0 Å². The maximum atomic E-state index is 13.2. The lowest BCUT2D eigenvalue weighted by atomic mass is 9.88. The normalized spacial score (nSPS) is 18.2. The Morgan fingerprint density at radius 1 is 0.964 bits per heavy atom. The van der Waals surface area contributed by atoms with Crippen molar-refractivity contribution in [1.29, 1.82) is 0 Å². The molecule has 6 heteroatoms. The summed E-state index contributed by atoms with van der Waals surface area (Å²) >= 11 is 0. The zero-order chi connectivity index (χ0) is 19.6. The van der Waals surface area contributed by atoms with E-state index < -0.39 is 17.3 Å². The first-order valence-corrected chi connectivity index (χ1v) is 8.65. The van der Waals surface area contributed by atoms with Crippen LogP contribution in [0.4, 0.5) is 10.1 Å². The third kappa shape index (κ3) is 2.99. The van der Waals surface area contributed by atoms with E-state index in [-0.39, 0.29) is 0 Å². The number of ether oxygens (including phenoxy) is 1. The molecule has 1 unspecified atom stereocenters. The molecule has 5 nitrogen and oxygen atoms in total. The number of aldehydes is 1. The number of hydrogen-bond acceptors (Lipinski definition) is 5. The second-order valence-corrected chi connectivity index (χ2v) is 6.33. The SMILES string of the molecule is O=CC1(c2ccc(OCc3ccccc3)cc2)C(=O)ON1c1ccc(F)cc1. The van der Waals surface area contributed by atoms with Gasteiger partial charge in [0.1, 0.15) is 18.2 Å². The lowest BCUT2D eigenvalue weighted by Gasteiger charge is -2.46. The highest BCUT2D eigenvalue weighted by molar-refractivity contribution is 6.07. The fraction of sp³-hybridized carbons (Fsp3) is 0.0909. The van der Waals surface area contributed by atoms with Crippen molar-refractivity contribution >= 4 is 17.9 Å². The Morgan fingerprint density at radius 3 is 2.25 bits per heavy atom. The lowest BCUT2D eigenvalue weighted by molar-refractivity contribution is -0.179. The topological polar surface area (TPSA) is 55.8 Å². The molecule has 0 N–H and O–H groups in total. The Morgan fingerprint density at radius 2 is 1.64 bits per heavy atom. The zero-order valence-electron chi connectivity index (χ0n) is 14.7. The molecule has 3 aromatic carbocycles. The molecule has 1 fully saturated rings. The van der Waals surface area contributed by atoms with Crippen LogP contribution in [-0.2, 0) is 26.6 Å². The Labute approximate surface area is 160 Å². The molecule has 1 aliphatic rings. The van der Waals surface area contributed by atoms with Gasteiger partial charge in [0.2, 0.25) is 0 Å². The van der Waals surface area contributed by atoms with Crippen molar-refractivity contribution < 1.29 is 23.6 Å². The Balaban J connectivity index is 1.56. The standard InChI is InChI=1S/C22H16FNO4/c23-18-8-10-19(11-9-18)24-22(15-25,21(26)28-24)17-6-12-20(13-7-17)27-14-16-4-2-1-3-5-16/h1-13,15H,14H2. The van der Waals surface area contributed by atoms with Crippen LogP contribution in [0.3, 0.4) is 0 Å². The molecule has 0 saturated carbocycles. The summed E-state index contributed by atoms with van der Waals surface area (Å²) in [4.78, 5) is 29.2. The fourth-order valence-corrected chi connectivity index (χ4v) is 3.05. The molecule has 0 aliphatic carbocycles. The summed E-state index contributed by atoms with van der Waals surface area (Å²) in [7, 11) is 0. The van der Waals surface area contributed by atoms with Crippen LogP contribution in [0.25, 0.3) is 0 Å². The number of benzene rings is 3. The molecular formula is C22H16FNO4. The van der Waals surface area contributed by atoms with E-state index in [0.717, 1.165) is 5.56 Å². The van der Waals surface area contributed by atoms with Gasteiger partial charge in [-0.05, 0) is 47.5 Å². The quantitative estimate of drug-likeness (QED) is 0.483. The van der Waals surface area contributed by atoms with Crippen molar-refractivity contribution in [3.63, 3.8) is 0 Å². The van der Waals surface area contributed by atoms with Gasteiger partial charge in [-0.2, -0.15) is 5.06 Å². The van der Waals surface area contributed by atoms with Gasteiger partial charge in [0.05, 0.1) is 5.69 Å². The molecule has 0 bridgehead atoms. The van der Waals surface area contributed by atoms with E-state index in [9.17, 15) is 14.0 Å². The first-order valence-electron chi connectivity index (χ1n) is 8.65. The molecule has 1 heterocycles. The Kier molecular flexibility index (Phi) is 4.53. The first kappa shape index (κ1) is 17.7. The first-order chi connectivity index (χ1) is 13.6. The van der Waals surface area contributed by atoms with Gasteiger partial charge in [-0.15, -0.1) is 0 Å². The van der Waals surface area contributed by atoms with E-state index in [1.807, 2.05) is 30.3 Å². The molecule has 1 atom stereocenters. The summed E-state index contributed by atoms with van der Waals surface area (Å²) < 4.78 is 18.9. The van der Waals surface area contributed by atoms with Gasteiger partial charge in [0.15, 0.2) is 6.29 Å². The van der Waals surface area contributed by atoms with Crippen LogP contribution in [0.1, 0.15) is 11.1 Å². The summed E-state index contributed by atoms with van der Waals surface area (Å²) in [5, 5.41) is 1.18. The van der Waals surface area contributed by atoms with Gasteiger partial charge in [-0.3, -0.25) is 4.79 Å². The predicted octanol–water partition coefficient (Wildman–Crippen LogP) is 3.78. The number of hydroxylamine groups is 1. The van der Waals surface area contributed by atoms with Gasteiger partial charge in [0.25, 0.3) is 5.54 Å². The van der Waals surface area contributed by atoms with Gasteiger partial charge in [-0.25, -0.2) is 9.18 Å². The van der Waals surface area contributed by atoms with Crippen molar-refractivity contribution in [2.45, 2.75) is 12.1 Å². The minimum atomic E-state index is -1.60. The number of halogens is 1. The minimum absolute atomic E-state index is 0.400. The van der Waals surface area contributed by atoms with Crippen molar-refractivity contribution in [2.75, 3.05) is 5.06 Å². The molecule has 0 aromatic heterocycles. The number of carbonyl (C=O) groups excluding carboxylic acids is 2. The van der Waals surface area contributed by atoms with E-state index in [1.54, 1.807) is 24.3 Å². The minimum Gasteiger partial charge on any atom is -0.489 e. The molecule has 1 saturated heterocycles. The molecule has 140 valence electrons. The maximum Gasteiger partial charge on any atom is 0.373 e. The molecule has 28 heavy (non-hydrogen) atoms. The summed E-state index contributed by atoms with van der Waals surface area (Å²) in [6.45, 7) is 0.406. The summed E-state index contributed by atoms with van der Waals surface area (Å²) in [5.74, 6) is -0.508. The monoisotopic (exact) mass is 377 g/mol. The van der Waals surface area contributed by atoms with E-state index >= 15 is 0 Å². The summed E-state index contributed by atoms with van der Waals surface area (Å²) in [6.07, 6.45) is 0.530. The van der Waals surface area contributed by atoms with Gasteiger partial charge in [-0.1, -0.05) is 42.5 Å². The molecule has 0 spiro atoms. The van der Waals surface area contributed by atoms with Crippen LogP contribution in [-0.4, -0.2) is 12.3 Å². The molecule has 4 rings (SSSR count). The second kappa shape index (κ2) is 7.15. The lowest BCUT2D eigenvalue weighted by Crippen LogP contribution is -2.65. The van der Waals surface area contributed by atoms with E-state index in [2.05, 4.69) is 0 Å². The molecule has 1 aliphatic heterocycles. The number of rotatable bonds is 6. The molecule has 3 aromatic rings. The zero-order valence-corrected chi connectivity index (χ0v) is 14.7. The van der Waals surface area contributed by atoms with Crippen LogP contribution in [0, 0.1) is 5.82 Å². The second-order valence-electron chi connectivity index (χ2n) is 6.33. The van der Waals surface area contributed by atoms with Crippen molar-refractivity contribution in [3.8, 4) is 5.75 Å². The highest BCUT2D eigenvalue weighted by atomic mass is 19.1. The number of anilines is 1. The Bertz CT molecular complexity index is 989. The van der Waals surface area contributed by atoms with E-state index in [0.29, 0.717) is 29.9 Å². The van der Waals surface area contributed by atoms with Crippen LogP contribution in [0.5, 0.6) is 5.75 Å². The summed E-state index contributed by atoms with van der Waals surface area (Å²) in [6, 6.07) is 21.7. The van der Waals surface area contributed by atoms with Crippen molar-refractivity contribution in [3.05, 3.63) is 95.8 Å². The average molecular weight is 377 g/mol. The van der Waals surface area contributed by atoms with Crippen LogP contribution in [0.15, 0.2) is 78.9 Å². The van der Waals surface area contributed by atoms with Gasteiger partial charge < -0.3 is 9.57 Å². The van der Waals surface area contributed by atoms with Crippen LogP contribution in [0.2, 0.25) is 0 Å². The van der Waals surface area contributed by atoms with E-state index in [4.69, 9.17) is 9.57 Å². The van der Waals surface area contributed by atoms with Crippen molar-refractivity contribution in [2.24, 2.45) is 0 Å². The smallest absolute Gasteiger partial charge is 0.373 e. The number of carbonyl (C=O) groups is 2. The van der Waals surface area contributed by atoms with Gasteiger partial charge in [0, 0.05) is 0 Å². The molecule has 0 radical (unpaired) electrons. The fourth-order valence-electron chi connectivity index (χ4n) is 3.05. The predicted molar refractivity (Wildman–Crippen MR) is 99.9 cm³/mol. The summed E-state index contributed by atoms with van der Waals surface area (Å²) in [5.41, 5.74) is 0.268. The Hall–Kier alpha value is -3.67. The maximum absolute atomic E-state index is 13.2. The van der Waals surface area contributed by atoms with Crippen LogP contribution < -0.4 is 9.80 Å². The van der Waals surface area contributed by atoms with E-state index in [1.165, 1.54) is 29.3 Å². The molecule has 0 amide bonds. The average Bonchev–Trinajstić information content (AvgIpc) is 2.74. The number of nitrogens with zero attached hydrogens (tertiary/aromatic N) is 1. The van der Waals surface area contributed by atoms with Gasteiger partial charge >= 0.3 is 5.97 Å². The molecular weight excluding hydrogens is 361 g/mol. The highest BCUT2D eigenvalue weighted by Crippen LogP contribution is 2.41.